The number of carbonyl (C=O) groups is 1. The van der Waals surface area contributed by atoms with Crippen molar-refractivity contribution in [3.05, 3.63) is 65.2 Å². The number of hydrogen-bond donors (Lipinski definition) is 0. The zero-order valence-electron chi connectivity index (χ0n) is 11.2. The van der Waals surface area contributed by atoms with Gasteiger partial charge in [-0.2, -0.15) is 0 Å². The predicted octanol–water partition coefficient (Wildman–Crippen LogP) is 3.98. The highest BCUT2D eigenvalue weighted by atomic mass is 19.1. The molecule has 0 fully saturated rings. The molecular formula is C16H14F2O2. The first-order valence-corrected chi connectivity index (χ1v) is 6.24. The van der Waals surface area contributed by atoms with Gasteiger partial charge in [0.2, 0.25) is 0 Å². The largest absolute Gasteiger partial charge is 0.490 e. The van der Waals surface area contributed by atoms with Crippen molar-refractivity contribution < 1.29 is 18.3 Å². The van der Waals surface area contributed by atoms with Gasteiger partial charge in [0.1, 0.15) is 17.4 Å². The summed E-state index contributed by atoms with van der Waals surface area (Å²) >= 11 is 0. The molecule has 0 aliphatic carbocycles. The van der Waals surface area contributed by atoms with Crippen LogP contribution in [0.1, 0.15) is 29.8 Å². The number of ketones is 1. The van der Waals surface area contributed by atoms with E-state index >= 15 is 0 Å². The smallest absolute Gasteiger partial charge is 0.199 e. The number of halogens is 2. The van der Waals surface area contributed by atoms with E-state index in [1.165, 1.54) is 0 Å². The highest BCUT2D eigenvalue weighted by Crippen LogP contribution is 2.24. The second-order valence-corrected chi connectivity index (χ2v) is 4.62. The molecule has 104 valence electrons. The lowest BCUT2D eigenvalue weighted by atomic mass is 10.0. The van der Waals surface area contributed by atoms with Crippen LogP contribution in [-0.2, 0) is 0 Å². The lowest BCUT2D eigenvalue weighted by molar-refractivity contribution is 0.102. The summed E-state index contributed by atoms with van der Waals surface area (Å²) in [6.45, 7) is 3.67. The molecule has 0 aromatic heterocycles. The Bertz CT molecular complexity index is 636. The third-order valence-corrected chi connectivity index (χ3v) is 2.67. The minimum Gasteiger partial charge on any atom is -0.490 e. The van der Waals surface area contributed by atoms with Crippen molar-refractivity contribution in [1.29, 1.82) is 0 Å². The summed E-state index contributed by atoms with van der Waals surface area (Å²) < 4.78 is 32.1. The lowest BCUT2D eigenvalue weighted by Crippen LogP contribution is -2.11. The molecule has 0 saturated carbocycles. The second-order valence-electron chi connectivity index (χ2n) is 4.62. The molecule has 4 heteroatoms. The Kier molecular flexibility index (Phi) is 4.13. The van der Waals surface area contributed by atoms with Crippen LogP contribution in [0, 0.1) is 11.6 Å². The van der Waals surface area contributed by atoms with E-state index in [0.717, 1.165) is 12.1 Å². The van der Waals surface area contributed by atoms with Gasteiger partial charge >= 0.3 is 0 Å². The van der Waals surface area contributed by atoms with Crippen molar-refractivity contribution >= 4 is 5.78 Å². The molecule has 0 bridgehead atoms. The Hall–Kier alpha value is -2.23. The first-order chi connectivity index (χ1) is 9.49. The highest BCUT2D eigenvalue weighted by molar-refractivity contribution is 6.10. The fourth-order valence-electron chi connectivity index (χ4n) is 1.83. The maximum Gasteiger partial charge on any atom is 0.199 e. The summed E-state index contributed by atoms with van der Waals surface area (Å²) in [5.41, 5.74) is 0.0814. The molecule has 0 heterocycles. The van der Waals surface area contributed by atoms with Crippen LogP contribution in [0.15, 0.2) is 42.5 Å². The molecule has 0 aliphatic heterocycles. The van der Waals surface area contributed by atoms with E-state index in [2.05, 4.69) is 0 Å². The molecule has 2 rings (SSSR count). The monoisotopic (exact) mass is 276 g/mol. The average Bonchev–Trinajstić information content (AvgIpc) is 2.38. The number of benzene rings is 2. The van der Waals surface area contributed by atoms with E-state index in [9.17, 15) is 13.6 Å². The Morgan fingerprint density at radius 1 is 1.05 bits per heavy atom. The second kappa shape index (κ2) is 5.82. The van der Waals surface area contributed by atoms with E-state index in [4.69, 9.17) is 4.74 Å². The highest BCUT2D eigenvalue weighted by Gasteiger charge is 2.18. The number of carbonyl (C=O) groups excluding carboxylic acids is 1. The topological polar surface area (TPSA) is 26.3 Å². The van der Waals surface area contributed by atoms with Gasteiger partial charge in [0.05, 0.1) is 17.2 Å². The van der Waals surface area contributed by atoms with E-state index in [0.29, 0.717) is 11.8 Å². The van der Waals surface area contributed by atoms with Gasteiger partial charge in [0.15, 0.2) is 5.78 Å². The van der Waals surface area contributed by atoms with Gasteiger partial charge in [0.25, 0.3) is 0 Å². The van der Waals surface area contributed by atoms with Crippen LogP contribution in [0.25, 0.3) is 0 Å². The van der Waals surface area contributed by atoms with Crippen molar-refractivity contribution in [1.82, 2.24) is 0 Å². The molecule has 20 heavy (non-hydrogen) atoms. The standard InChI is InChI=1S/C16H14F2O2/c1-10(2)20-15-6-4-3-5-13(15)16(19)12-8-7-11(17)9-14(12)18/h3-10H,1-2H3. The molecule has 0 unspecified atom stereocenters. The number of rotatable bonds is 4. The Labute approximate surface area is 116 Å². The fraction of sp³-hybridized carbons (Fsp3) is 0.188. The first-order valence-electron chi connectivity index (χ1n) is 6.24. The van der Waals surface area contributed by atoms with Crippen molar-refractivity contribution in [3.63, 3.8) is 0 Å². The zero-order chi connectivity index (χ0) is 14.7. The summed E-state index contributed by atoms with van der Waals surface area (Å²) in [4.78, 5) is 12.3. The number of hydrogen-bond acceptors (Lipinski definition) is 2. The van der Waals surface area contributed by atoms with Crippen LogP contribution in [0.5, 0.6) is 5.75 Å². The molecule has 0 aliphatic rings. The van der Waals surface area contributed by atoms with Crippen LogP contribution in [0.2, 0.25) is 0 Å². The van der Waals surface area contributed by atoms with Crippen LogP contribution in [0.3, 0.4) is 0 Å². The van der Waals surface area contributed by atoms with Crippen LogP contribution >= 0.6 is 0 Å². The molecule has 0 saturated heterocycles. The molecule has 0 N–H and O–H groups in total. The molecule has 0 atom stereocenters. The summed E-state index contributed by atoms with van der Waals surface area (Å²) in [5.74, 6) is -1.74. The molecular weight excluding hydrogens is 262 g/mol. The minimum absolute atomic E-state index is 0.109. The summed E-state index contributed by atoms with van der Waals surface area (Å²) in [6.07, 6.45) is -0.109. The quantitative estimate of drug-likeness (QED) is 0.789. The van der Waals surface area contributed by atoms with Crippen molar-refractivity contribution in [2.24, 2.45) is 0 Å². The Morgan fingerprint density at radius 3 is 2.40 bits per heavy atom. The number of para-hydroxylation sites is 1. The predicted molar refractivity (Wildman–Crippen MR) is 72.0 cm³/mol. The molecule has 2 aromatic rings. The van der Waals surface area contributed by atoms with Crippen molar-refractivity contribution in [3.8, 4) is 5.75 Å². The van der Waals surface area contributed by atoms with Crippen molar-refractivity contribution in [2.75, 3.05) is 0 Å². The van der Waals surface area contributed by atoms with Gasteiger partial charge in [-0.1, -0.05) is 12.1 Å². The molecule has 0 amide bonds. The molecule has 0 spiro atoms. The number of ether oxygens (including phenoxy) is 1. The van der Waals surface area contributed by atoms with Gasteiger partial charge < -0.3 is 4.74 Å². The SMILES string of the molecule is CC(C)Oc1ccccc1C(=O)c1ccc(F)cc1F. The van der Waals surface area contributed by atoms with Gasteiger partial charge in [-0.05, 0) is 38.1 Å². The zero-order valence-corrected chi connectivity index (χ0v) is 11.2. The van der Waals surface area contributed by atoms with Crippen LogP contribution in [-0.4, -0.2) is 11.9 Å². The molecule has 2 aromatic carbocycles. The Morgan fingerprint density at radius 2 is 1.75 bits per heavy atom. The summed E-state index contributed by atoms with van der Waals surface area (Å²) in [7, 11) is 0. The molecule has 0 radical (unpaired) electrons. The summed E-state index contributed by atoms with van der Waals surface area (Å²) in [6, 6.07) is 9.50. The molecule has 2 nitrogen and oxygen atoms in total. The summed E-state index contributed by atoms with van der Waals surface area (Å²) in [5, 5.41) is 0. The van der Waals surface area contributed by atoms with Gasteiger partial charge in [-0.25, -0.2) is 8.78 Å². The van der Waals surface area contributed by atoms with E-state index < -0.39 is 17.4 Å². The van der Waals surface area contributed by atoms with Crippen LogP contribution in [0.4, 0.5) is 8.78 Å². The van der Waals surface area contributed by atoms with Gasteiger partial charge in [-0.15, -0.1) is 0 Å². The van der Waals surface area contributed by atoms with Crippen molar-refractivity contribution in [2.45, 2.75) is 20.0 Å². The lowest BCUT2D eigenvalue weighted by Gasteiger charge is -2.13. The average molecular weight is 276 g/mol. The third kappa shape index (κ3) is 3.02. The minimum atomic E-state index is -0.880. The van der Waals surface area contributed by atoms with Crippen LogP contribution < -0.4 is 4.74 Å². The normalized spacial score (nSPS) is 10.7. The van der Waals surface area contributed by atoms with E-state index in [1.807, 2.05) is 13.8 Å². The van der Waals surface area contributed by atoms with E-state index in [-0.39, 0.29) is 17.2 Å². The maximum absolute atomic E-state index is 13.7. The first kappa shape index (κ1) is 14.2. The van der Waals surface area contributed by atoms with Gasteiger partial charge in [0, 0.05) is 6.07 Å². The third-order valence-electron chi connectivity index (χ3n) is 2.67. The van der Waals surface area contributed by atoms with Gasteiger partial charge in [-0.3, -0.25) is 4.79 Å². The van der Waals surface area contributed by atoms with E-state index in [1.54, 1.807) is 24.3 Å². The Balaban J connectivity index is 2.43. The maximum atomic E-state index is 13.7. The fourth-order valence-corrected chi connectivity index (χ4v) is 1.83.